The van der Waals surface area contributed by atoms with E-state index in [1.165, 1.54) is 11.8 Å². The molecule has 2 aromatic rings. The van der Waals surface area contributed by atoms with Crippen LogP contribution < -0.4 is 0 Å². The SMILES string of the molecule is CCCCSc1nc(Cl)c(N=Nc2ccccc2)c(Cl)n1. The first-order chi connectivity index (χ1) is 10.2. The number of hydrogen-bond donors (Lipinski definition) is 0. The van der Waals surface area contributed by atoms with Crippen molar-refractivity contribution in [2.45, 2.75) is 24.9 Å². The Morgan fingerprint density at radius 3 is 2.33 bits per heavy atom. The zero-order valence-electron chi connectivity index (χ0n) is 11.5. The van der Waals surface area contributed by atoms with Gasteiger partial charge in [0.25, 0.3) is 0 Å². The first-order valence-electron chi connectivity index (χ1n) is 6.53. The molecule has 0 N–H and O–H groups in total. The summed E-state index contributed by atoms with van der Waals surface area (Å²) in [5.74, 6) is 0.939. The second-order valence-electron chi connectivity index (χ2n) is 4.17. The lowest BCUT2D eigenvalue weighted by molar-refractivity contribution is 0.887. The molecule has 0 aliphatic carbocycles. The summed E-state index contributed by atoms with van der Waals surface area (Å²) in [4.78, 5) is 8.39. The number of aromatic nitrogens is 2. The van der Waals surface area contributed by atoms with Gasteiger partial charge in [0.15, 0.2) is 21.2 Å². The molecule has 2 rings (SSSR count). The van der Waals surface area contributed by atoms with Crippen LogP contribution in [0.2, 0.25) is 10.3 Å². The monoisotopic (exact) mass is 340 g/mol. The van der Waals surface area contributed by atoms with Crippen LogP contribution in [0.5, 0.6) is 0 Å². The highest BCUT2D eigenvalue weighted by atomic mass is 35.5. The van der Waals surface area contributed by atoms with Crippen LogP contribution >= 0.6 is 35.0 Å². The second kappa shape index (κ2) is 8.32. The van der Waals surface area contributed by atoms with Gasteiger partial charge in [0.05, 0.1) is 5.69 Å². The van der Waals surface area contributed by atoms with Crippen LogP contribution in [0.15, 0.2) is 45.7 Å². The highest BCUT2D eigenvalue weighted by molar-refractivity contribution is 7.99. The van der Waals surface area contributed by atoms with Crippen molar-refractivity contribution >= 4 is 46.3 Å². The summed E-state index contributed by atoms with van der Waals surface area (Å²) in [7, 11) is 0. The van der Waals surface area contributed by atoms with E-state index < -0.39 is 0 Å². The van der Waals surface area contributed by atoms with Crippen molar-refractivity contribution in [3.05, 3.63) is 40.6 Å². The Kier molecular flexibility index (Phi) is 6.42. The molecule has 0 fully saturated rings. The van der Waals surface area contributed by atoms with E-state index in [0.29, 0.717) is 16.5 Å². The summed E-state index contributed by atoms with van der Waals surface area (Å²) in [6.45, 7) is 2.13. The zero-order valence-corrected chi connectivity index (χ0v) is 13.8. The number of benzene rings is 1. The fourth-order valence-electron chi connectivity index (χ4n) is 1.44. The molecule has 21 heavy (non-hydrogen) atoms. The number of thioether (sulfide) groups is 1. The number of hydrogen-bond acceptors (Lipinski definition) is 5. The predicted molar refractivity (Wildman–Crippen MR) is 88.3 cm³/mol. The number of halogens is 2. The maximum absolute atomic E-state index is 6.11. The molecule has 0 aliphatic rings. The number of unbranched alkanes of at least 4 members (excludes halogenated alkanes) is 1. The fraction of sp³-hybridized carbons (Fsp3) is 0.286. The lowest BCUT2D eigenvalue weighted by Gasteiger charge is -2.03. The summed E-state index contributed by atoms with van der Waals surface area (Å²) in [5.41, 5.74) is 1.01. The highest BCUT2D eigenvalue weighted by Crippen LogP contribution is 2.33. The van der Waals surface area contributed by atoms with Crippen molar-refractivity contribution < 1.29 is 0 Å². The average molecular weight is 341 g/mol. The molecule has 0 bridgehead atoms. The van der Waals surface area contributed by atoms with E-state index in [1.54, 1.807) is 0 Å². The molecule has 0 radical (unpaired) electrons. The Morgan fingerprint density at radius 1 is 1.05 bits per heavy atom. The average Bonchev–Trinajstić information content (AvgIpc) is 2.48. The molecule has 0 saturated heterocycles. The molecule has 0 amide bonds. The Labute approximate surface area is 138 Å². The fourth-order valence-corrected chi connectivity index (χ4v) is 2.93. The third-order valence-electron chi connectivity index (χ3n) is 2.53. The minimum Gasteiger partial charge on any atom is -0.208 e. The van der Waals surface area contributed by atoms with Gasteiger partial charge in [-0.1, -0.05) is 66.5 Å². The molecule has 1 aromatic heterocycles. The second-order valence-corrected chi connectivity index (χ2v) is 5.95. The Hall–Kier alpha value is -1.17. The van der Waals surface area contributed by atoms with Crippen LogP contribution in [-0.4, -0.2) is 15.7 Å². The Balaban J connectivity index is 2.15. The molecule has 7 heteroatoms. The van der Waals surface area contributed by atoms with Gasteiger partial charge in [-0.2, -0.15) is 5.11 Å². The van der Waals surface area contributed by atoms with Crippen LogP contribution in [0.3, 0.4) is 0 Å². The minimum atomic E-state index is 0.216. The van der Waals surface area contributed by atoms with Gasteiger partial charge in [-0.25, -0.2) is 9.97 Å². The van der Waals surface area contributed by atoms with E-state index in [1.807, 2.05) is 30.3 Å². The summed E-state index contributed by atoms with van der Waals surface area (Å²) in [6.07, 6.45) is 2.22. The van der Waals surface area contributed by atoms with Crippen LogP contribution in [0, 0.1) is 0 Å². The van der Waals surface area contributed by atoms with E-state index in [0.717, 1.165) is 18.6 Å². The topological polar surface area (TPSA) is 50.5 Å². The van der Waals surface area contributed by atoms with Crippen molar-refractivity contribution in [3.8, 4) is 0 Å². The normalized spacial score (nSPS) is 11.2. The lowest BCUT2D eigenvalue weighted by Crippen LogP contribution is -1.90. The van der Waals surface area contributed by atoms with Crippen molar-refractivity contribution in [3.63, 3.8) is 0 Å². The first-order valence-corrected chi connectivity index (χ1v) is 8.27. The van der Waals surface area contributed by atoms with E-state index in [4.69, 9.17) is 23.2 Å². The van der Waals surface area contributed by atoms with Gasteiger partial charge in [0, 0.05) is 5.75 Å². The van der Waals surface area contributed by atoms with Gasteiger partial charge >= 0.3 is 0 Å². The molecule has 0 spiro atoms. The highest BCUT2D eigenvalue weighted by Gasteiger charge is 2.11. The molecule has 0 unspecified atom stereocenters. The molecular weight excluding hydrogens is 327 g/mol. The number of azo groups is 1. The van der Waals surface area contributed by atoms with E-state index in [9.17, 15) is 0 Å². The van der Waals surface area contributed by atoms with Gasteiger partial charge < -0.3 is 0 Å². The van der Waals surface area contributed by atoms with Crippen LogP contribution in [0.4, 0.5) is 11.4 Å². The molecule has 0 atom stereocenters. The van der Waals surface area contributed by atoms with Crippen LogP contribution in [-0.2, 0) is 0 Å². The van der Waals surface area contributed by atoms with Gasteiger partial charge in [0.1, 0.15) is 0 Å². The van der Waals surface area contributed by atoms with Crippen molar-refractivity contribution in [1.29, 1.82) is 0 Å². The molecule has 0 saturated carbocycles. The number of nitrogens with zero attached hydrogens (tertiary/aromatic N) is 4. The summed E-state index contributed by atoms with van der Waals surface area (Å²) >= 11 is 13.8. The smallest absolute Gasteiger partial charge is 0.190 e. The Morgan fingerprint density at radius 2 is 1.71 bits per heavy atom. The quantitative estimate of drug-likeness (QED) is 0.210. The van der Waals surface area contributed by atoms with Crippen molar-refractivity contribution in [2.24, 2.45) is 10.2 Å². The molecule has 110 valence electrons. The van der Waals surface area contributed by atoms with E-state index in [2.05, 4.69) is 27.1 Å². The third kappa shape index (κ3) is 4.95. The Bertz CT molecular complexity index is 597. The van der Waals surface area contributed by atoms with Gasteiger partial charge in [-0.05, 0) is 18.6 Å². The van der Waals surface area contributed by atoms with Gasteiger partial charge in [-0.3, -0.25) is 0 Å². The molecule has 4 nitrogen and oxygen atoms in total. The van der Waals surface area contributed by atoms with Gasteiger partial charge in [0.2, 0.25) is 0 Å². The van der Waals surface area contributed by atoms with E-state index >= 15 is 0 Å². The van der Waals surface area contributed by atoms with Gasteiger partial charge in [-0.15, -0.1) is 5.11 Å². The molecule has 1 heterocycles. The maximum atomic E-state index is 6.11. The van der Waals surface area contributed by atoms with Crippen LogP contribution in [0.1, 0.15) is 19.8 Å². The molecule has 0 aliphatic heterocycles. The molecule has 1 aromatic carbocycles. The van der Waals surface area contributed by atoms with E-state index in [-0.39, 0.29) is 10.3 Å². The summed E-state index contributed by atoms with van der Waals surface area (Å²) in [6, 6.07) is 9.33. The van der Waals surface area contributed by atoms with Crippen molar-refractivity contribution in [2.75, 3.05) is 5.75 Å². The summed E-state index contributed by atoms with van der Waals surface area (Å²) in [5, 5.41) is 9.11. The van der Waals surface area contributed by atoms with Crippen LogP contribution in [0.25, 0.3) is 0 Å². The maximum Gasteiger partial charge on any atom is 0.190 e. The zero-order chi connectivity index (χ0) is 15.1. The third-order valence-corrected chi connectivity index (χ3v) is 3.99. The first kappa shape index (κ1) is 16.2. The summed E-state index contributed by atoms with van der Waals surface area (Å²) < 4.78 is 0. The number of rotatable bonds is 6. The standard InChI is InChI=1S/C14H14Cl2N4S/c1-2-3-9-21-14-17-12(15)11(13(16)18-14)20-19-10-7-5-4-6-8-10/h4-8H,2-3,9H2,1H3. The lowest BCUT2D eigenvalue weighted by atomic mass is 10.3. The predicted octanol–water partition coefficient (Wildman–Crippen LogP) is 6.09. The minimum absolute atomic E-state index is 0.216. The van der Waals surface area contributed by atoms with Crippen molar-refractivity contribution in [1.82, 2.24) is 9.97 Å². The molecular formula is C14H14Cl2N4S. The largest absolute Gasteiger partial charge is 0.208 e.